The van der Waals surface area contributed by atoms with Crippen molar-refractivity contribution >= 4 is 24.5 Å². The summed E-state index contributed by atoms with van der Waals surface area (Å²) in [5.74, 6) is -1.72. The fourth-order valence-electron chi connectivity index (χ4n) is 1.29. The summed E-state index contributed by atoms with van der Waals surface area (Å²) in [6.07, 6.45) is 1.19. The number of hydrogen-bond donors (Lipinski definition) is 4. The van der Waals surface area contributed by atoms with Gasteiger partial charge in [0.1, 0.15) is 6.04 Å². The molecule has 0 aliphatic heterocycles. The molecule has 1 rings (SSSR count). The second-order valence-corrected chi connectivity index (χ2v) is 4.06. The maximum Gasteiger partial charge on any atom is 0.328 e. The standard InChI is InChI=1S/C10H13N3O5S/c14-7(11-6(5-19)9(16)17)1-3-13-4-2-8(15)12-10(13)18/h2,4,6,19H,1,3,5H2,(H,11,14)(H,16,17)(H,12,15,18). The zero-order chi connectivity index (χ0) is 14.4. The quantitative estimate of drug-likeness (QED) is 0.471. The van der Waals surface area contributed by atoms with Gasteiger partial charge in [0.15, 0.2) is 0 Å². The molecule has 0 aliphatic rings. The van der Waals surface area contributed by atoms with Crippen LogP contribution in [0.25, 0.3) is 0 Å². The molecular formula is C10H13N3O5S. The van der Waals surface area contributed by atoms with Crippen LogP contribution in [0.15, 0.2) is 21.9 Å². The van der Waals surface area contributed by atoms with Gasteiger partial charge < -0.3 is 15.0 Å². The van der Waals surface area contributed by atoms with Gasteiger partial charge in [0, 0.05) is 31.0 Å². The van der Waals surface area contributed by atoms with Gasteiger partial charge in [-0.2, -0.15) is 12.6 Å². The number of hydrogen-bond acceptors (Lipinski definition) is 5. The molecule has 0 aliphatic carbocycles. The molecule has 104 valence electrons. The van der Waals surface area contributed by atoms with E-state index in [-0.39, 0.29) is 18.7 Å². The fraction of sp³-hybridized carbons (Fsp3) is 0.400. The Morgan fingerprint density at radius 3 is 2.68 bits per heavy atom. The van der Waals surface area contributed by atoms with Crippen LogP contribution < -0.4 is 16.6 Å². The van der Waals surface area contributed by atoms with Gasteiger partial charge in [-0.3, -0.25) is 14.6 Å². The number of nitrogens with zero attached hydrogens (tertiary/aromatic N) is 1. The zero-order valence-electron chi connectivity index (χ0n) is 9.83. The lowest BCUT2D eigenvalue weighted by atomic mass is 10.3. The molecule has 19 heavy (non-hydrogen) atoms. The van der Waals surface area contributed by atoms with E-state index in [9.17, 15) is 19.2 Å². The third-order valence-corrected chi connectivity index (χ3v) is 2.66. The summed E-state index contributed by atoms with van der Waals surface area (Å²) in [4.78, 5) is 46.3. The van der Waals surface area contributed by atoms with E-state index in [2.05, 4.69) is 17.9 Å². The van der Waals surface area contributed by atoms with Gasteiger partial charge in [-0.1, -0.05) is 0 Å². The van der Waals surface area contributed by atoms with Crippen molar-refractivity contribution in [2.75, 3.05) is 5.75 Å². The molecule has 0 aromatic carbocycles. The molecule has 0 saturated heterocycles. The number of carbonyl (C=O) groups is 2. The monoisotopic (exact) mass is 287 g/mol. The van der Waals surface area contributed by atoms with Crippen LogP contribution >= 0.6 is 12.6 Å². The van der Waals surface area contributed by atoms with Gasteiger partial charge in [-0.05, 0) is 0 Å². The zero-order valence-corrected chi connectivity index (χ0v) is 10.7. The Balaban J connectivity index is 2.57. The van der Waals surface area contributed by atoms with Crippen molar-refractivity contribution in [3.05, 3.63) is 33.1 Å². The van der Waals surface area contributed by atoms with E-state index in [1.807, 2.05) is 4.98 Å². The van der Waals surface area contributed by atoms with Crippen LogP contribution in [0.5, 0.6) is 0 Å². The number of aromatic nitrogens is 2. The summed E-state index contributed by atoms with van der Waals surface area (Å²) in [6, 6.07) is 0.0933. The van der Waals surface area contributed by atoms with E-state index in [1.165, 1.54) is 6.20 Å². The highest BCUT2D eigenvalue weighted by atomic mass is 32.1. The number of aromatic amines is 1. The van der Waals surface area contributed by atoms with E-state index >= 15 is 0 Å². The highest BCUT2D eigenvalue weighted by Gasteiger charge is 2.17. The number of nitrogens with one attached hydrogen (secondary N) is 2. The predicted octanol–water partition coefficient (Wildman–Crippen LogP) is -1.57. The number of carboxylic acid groups (broad SMARTS) is 1. The highest BCUT2D eigenvalue weighted by molar-refractivity contribution is 7.80. The average Bonchev–Trinajstić information content (AvgIpc) is 2.34. The normalized spacial score (nSPS) is 11.8. The Bertz CT molecular complexity index is 579. The topological polar surface area (TPSA) is 121 Å². The first kappa shape index (κ1) is 15.0. The predicted molar refractivity (Wildman–Crippen MR) is 69.4 cm³/mol. The third-order valence-electron chi connectivity index (χ3n) is 2.29. The minimum Gasteiger partial charge on any atom is -0.480 e. The van der Waals surface area contributed by atoms with Gasteiger partial charge in [0.2, 0.25) is 5.91 Å². The van der Waals surface area contributed by atoms with Crippen LogP contribution in [-0.4, -0.2) is 38.3 Å². The Labute approximate surface area is 112 Å². The minimum absolute atomic E-state index is 0.0281. The SMILES string of the molecule is O=C(CCn1ccc(=O)[nH]c1=O)NC(CS)C(=O)O. The number of aliphatic carboxylic acids is 1. The molecule has 0 radical (unpaired) electrons. The number of H-pyrrole nitrogens is 1. The number of aryl methyl sites for hydroxylation is 1. The molecule has 1 aromatic heterocycles. The molecule has 0 fully saturated rings. The molecule has 1 heterocycles. The van der Waals surface area contributed by atoms with Crippen molar-refractivity contribution in [1.29, 1.82) is 0 Å². The molecule has 0 spiro atoms. The van der Waals surface area contributed by atoms with E-state index in [1.54, 1.807) is 0 Å². The highest BCUT2D eigenvalue weighted by Crippen LogP contribution is 1.92. The van der Waals surface area contributed by atoms with E-state index < -0.39 is 29.2 Å². The van der Waals surface area contributed by atoms with Gasteiger partial charge in [0.25, 0.3) is 5.56 Å². The van der Waals surface area contributed by atoms with Crippen LogP contribution in [-0.2, 0) is 16.1 Å². The van der Waals surface area contributed by atoms with E-state index in [0.717, 1.165) is 10.6 Å². The van der Waals surface area contributed by atoms with Crippen LogP contribution in [0.4, 0.5) is 0 Å². The lowest BCUT2D eigenvalue weighted by Gasteiger charge is -2.12. The first-order chi connectivity index (χ1) is 8.93. The molecule has 0 bridgehead atoms. The third kappa shape index (κ3) is 4.62. The Kier molecular flexibility index (Phi) is 5.37. The van der Waals surface area contributed by atoms with Crippen molar-refractivity contribution < 1.29 is 14.7 Å². The molecule has 0 saturated carbocycles. The Morgan fingerprint density at radius 1 is 1.47 bits per heavy atom. The summed E-state index contributed by atoms with van der Waals surface area (Å²) >= 11 is 3.80. The van der Waals surface area contributed by atoms with Crippen LogP contribution in [0.3, 0.4) is 0 Å². The van der Waals surface area contributed by atoms with Gasteiger partial charge in [-0.15, -0.1) is 0 Å². The second kappa shape index (κ2) is 6.78. The molecule has 3 N–H and O–H groups in total. The lowest BCUT2D eigenvalue weighted by molar-refractivity contribution is -0.141. The van der Waals surface area contributed by atoms with Crippen LogP contribution in [0, 0.1) is 0 Å². The first-order valence-corrected chi connectivity index (χ1v) is 6.00. The maximum absolute atomic E-state index is 11.5. The number of amides is 1. The number of rotatable bonds is 6. The summed E-state index contributed by atoms with van der Waals surface area (Å²) in [5.41, 5.74) is -1.14. The molecule has 8 nitrogen and oxygen atoms in total. The molecule has 1 amide bonds. The average molecular weight is 287 g/mol. The van der Waals surface area contributed by atoms with E-state index in [0.29, 0.717) is 0 Å². The number of thiol groups is 1. The fourth-order valence-corrected chi connectivity index (χ4v) is 1.54. The summed E-state index contributed by atoms with van der Waals surface area (Å²) in [5, 5.41) is 11.0. The summed E-state index contributed by atoms with van der Waals surface area (Å²) in [6.45, 7) is 0.0420. The molecule has 1 aromatic rings. The first-order valence-electron chi connectivity index (χ1n) is 5.37. The van der Waals surface area contributed by atoms with Crippen LogP contribution in [0.1, 0.15) is 6.42 Å². The molecule has 9 heteroatoms. The van der Waals surface area contributed by atoms with E-state index in [4.69, 9.17) is 5.11 Å². The number of carboxylic acids is 1. The van der Waals surface area contributed by atoms with Crippen molar-refractivity contribution in [2.24, 2.45) is 0 Å². The lowest BCUT2D eigenvalue weighted by Crippen LogP contribution is -2.42. The van der Waals surface area contributed by atoms with Crippen molar-refractivity contribution in [1.82, 2.24) is 14.9 Å². The maximum atomic E-state index is 11.5. The smallest absolute Gasteiger partial charge is 0.328 e. The Morgan fingerprint density at radius 2 is 2.16 bits per heavy atom. The molecular weight excluding hydrogens is 274 g/mol. The summed E-state index contributed by atoms with van der Waals surface area (Å²) < 4.78 is 1.15. The van der Waals surface area contributed by atoms with Gasteiger partial charge in [-0.25, -0.2) is 9.59 Å². The minimum atomic E-state index is -1.18. The number of carbonyl (C=O) groups excluding carboxylic acids is 1. The molecule has 1 unspecified atom stereocenters. The van der Waals surface area contributed by atoms with Gasteiger partial charge >= 0.3 is 11.7 Å². The Hall–Kier alpha value is -2.03. The molecule has 1 atom stereocenters. The second-order valence-electron chi connectivity index (χ2n) is 3.69. The van der Waals surface area contributed by atoms with Crippen molar-refractivity contribution in [2.45, 2.75) is 19.0 Å². The van der Waals surface area contributed by atoms with Gasteiger partial charge in [0.05, 0.1) is 0 Å². The van der Waals surface area contributed by atoms with Crippen LogP contribution in [0.2, 0.25) is 0 Å². The summed E-state index contributed by atoms with van der Waals surface area (Å²) in [7, 11) is 0. The van der Waals surface area contributed by atoms with Crippen molar-refractivity contribution in [3.8, 4) is 0 Å². The largest absolute Gasteiger partial charge is 0.480 e. The van der Waals surface area contributed by atoms with Crippen molar-refractivity contribution in [3.63, 3.8) is 0 Å².